The molecule has 1 fully saturated rings. The molecule has 3 N–H and O–H groups in total. The minimum atomic E-state index is -4.50. The molecule has 10 nitrogen and oxygen atoms in total. The van der Waals surface area contributed by atoms with Crippen LogP contribution in [0.25, 0.3) is 0 Å². The first-order valence-corrected chi connectivity index (χ1v) is 17.6. The lowest BCUT2D eigenvalue weighted by molar-refractivity contribution is -0.138. The number of fused-ring (bicyclic) bond motifs is 1. The van der Waals surface area contributed by atoms with Crippen LogP contribution in [0.3, 0.4) is 0 Å². The largest absolute Gasteiger partial charge is 0.490 e. The summed E-state index contributed by atoms with van der Waals surface area (Å²) >= 11 is 0. The Hall–Kier alpha value is -3.84. The summed E-state index contributed by atoms with van der Waals surface area (Å²) in [4.78, 5) is 43.8. The molecule has 0 bridgehead atoms. The molecule has 1 saturated carbocycles. The van der Waals surface area contributed by atoms with Crippen LogP contribution in [0.5, 0.6) is 5.75 Å². The molecule has 2 aliphatic rings. The lowest BCUT2D eigenvalue weighted by Crippen LogP contribution is -2.48. The number of nitrogens with one attached hydrogen (secondary N) is 2. The average molecular weight is 705 g/mol. The Labute approximate surface area is 292 Å². The van der Waals surface area contributed by atoms with Crippen LogP contribution >= 0.6 is 0 Å². The van der Waals surface area contributed by atoms with Crippen molar-refractivity contribution in [3.8, 4) is 5.75 Å². The van der Waals surface area contributed by atoms with Gasteiger partial charge >= 0.3 is 12.2 Å². The Morgan fingerprint density at radius 1 is 0.980 bits per heavy atom. The van der Waals surface area contributed by atoms with Gasteiger partial charge in [0.05, 0.1) is 36.0 Å². The van der Waals surface area contributed by atoms with Crippen molar-refractivity contribution >= 4 is 29.2 Å². The van der Waals surface area contributed by atoms with E-state index in [2.05, 4.69) is 10.6 Å². The highest BCUT2D eigenvalue weighted by Crippen LogP contribution is 2.31. The van der Waals surface area contributed by atoms with E-state index < -0.39 is 29.7 Å². The smallest absolute Gasteiger partial charge is 0.416 e. The van der Waals surface area contributed by atoms with Gasteiger partial charge in [0.25, 0.3) is 5.91 Å². The van der Waals surface area contributed by atoms with Gasteiger partial charge in [0.15, 0.2) is 0 Å². The van der Waals surface area contributed by atoms with Crippen molar-refractivity contribution in [1.82, 2.24) is 9.80 Å². The van der Waals surface area contributed by atoms with Gasteiger partial charge in [0, 0.05) is 50.0 Å². The van der Waals surface area contributed by atoms with Gasteiger partial charge in [-0.25, -0.2) is 4.79 Å². The van der Waals surface area contributed by atoms with Crippen molar-refractivity contribution in [1.29, 1.82) is 0 Å². The summed E-state index contributed by atoms with van der Waals surface area (Å²) in [6.45, 7) is 6.42. The highest BCUT2D eigenvalue weighted by Gasteiger charge is 2.33. The number of hydrogen-bond donors (Lipinski definition) is 3. The van der Waals surface area contributed by atoms with E-state index >= 15 is 0 Å². The number of anilines is 2. The zero-order chi connectivity index (χ0) is 36.4. The van der Waals surface area contributed by atoms with Crippen LogP contribution in [-0.2, 0) is 15.7 Å². The van der Waals surface area contributed by atoms with Crippen LogP contribution in [0.15, 0.2) is 42.5 Å². The average Bonchev–Trinajstić information content (AvgIpc) is 3.09. The number of amides is 4. The van der Waals surface area contributed by atoms with Crippen LogP contribution in [-0.4, -0.2) is 84.4 Å². The first kappa shape index (κ1) is 39.0. The summed E-state index contributed by atoms with van der Waals surface area (Å²) in [5.74, 6) is -0.167. The molecule has 0 radical (unpaired) electrons. The summed E-state index contributed by atoms with van der Waals surface area (Å²) in [5, 5.41) is 15.4. The first-order chi connectivity index (χ1) is 23.8. The fourth-order valence-electron chi connectivity index (χ4n) is 6.52. The number of nitrogens with zero attached hydrogens (tertiary/aromatic N) is 2. The highest BCUT2D eigenvalue weighted by atomic mass is 19.4. The highest BCUT2D eigenvalue weighted by molar-refractivity contribution is 6.02. The second-order valence-corrected chi connectivity index (χ2v) is 13.7. The molecule has 2 aromatic carbocycles. The van der Waals surface area contributed by atoms with E-state index in [1.54, 1.807) is 28.9 Å². The number of likely N-dealkylation sites (N-methyl/N-ethyl adjacent to an activating group) is 1. The fourth-order valence-corrected chi connectivity index (χ4v) is 6.52. The standard InChI is InChI=1S/C37H51F3N4O6/c1-24-21-44(25(2)23-45)35(47)31-20-30(42-36(48)41-29-15-13-28(14-16-29)37(38,39)40)17-18-32(31)50-26(3)10-8-9-19-49-33(24)22-43(4)34(46)27-11-6-5-7-12-27/h13-18,20,24-27,33,45H,5-12,19,21-23H2,1-4H3,(H2,41,42,48)/t24-,25+,26-,33-/m0/s1. The topological polar surface area (TPSA) is 120 Å². The number of urea groups is 1. The molecule has 1 aliphatic carbocycles. The zero-order valence-electron chi connectivity index (χ0n) is 29.4. The molecule has 2 aromatic rings. The molecule has 13 heteroatoms. The van der Waals surface area contributed by atoms with Crippen molar-refractivity contribution in [3.63, 3.8) is 0 Å². The maximum Gasteiger partial charge on any atom is 0.416 e. The van der Waals surface area contributed by atoms with E-state index in [-0.39, 0.29) is 60.0 Å². The van der Waals surface area contributed by atoms with Gasteiger partial charge in [-0.2, -0.15) is 13.2 Å². The van der Waals surface area contributed by atoms with E-state index in [1.807, 2.05) is 20.9 Å². The number of halogens is 3. The molecule has 0 saturated heterocycles. The Morgan fingerprint density at radius 2 is 1.62 bits per heavy atom. The quantitative estimate of drug-likeness (QED) is 0.281. The normalized spacial score (nSPS) is 22.0. The number of benzene rings is 2. The minimum Gasteiger partial charge on any atom is -0.490 e. The molecule has 276 valence electrons. The molecule has 4 rings (SSSR count). The van der Waals surface area contributed by atoms with Crippen LogP contribution in [0.1, 0.15) is 88.1 Å². The summed E-state index contributed by atoms with van der Waals surface area (Å²) in [6.07, 6.45) is 2.27. The van der Waals surface area contributed by atoms with Crippen molar-refractivity contribution in [2.45, 2.75) is 96.6 Å². The van der Waals surface area contributed by atoms with Crippen LogP contribution in [0.4, 0.5) is 29.3 Å². The monoisotopic (exact) mass is 704 g/mol. The molecular weight excluding hydrogens is 653 g/mol. The van der Waals surface area contributed by atoms with Crippen LogP contribution in [0, 0.1) is 11.8 Å². The van der Waals surface area contributed by atoms with E-state index in [4.69, 9.17) is 9.47 Å². The number of rotatable bonds is 7. The van der Waals surface area contributed by atoms with Crippen molar-refractivity contribution in [2.24, 2.45) is 11.8 Å². The van der Waals surface area contributed by atoms with Crippen molar-refractivity contribution in [2.75, 3.05) is 44.0 Å². The second kappa shape index (κ2) is 17.9. The predicted molar refractivity (Wildman–Crippen MR) is 185 cm³/mol. The number of carbonyl (C=O) groups excluding carboxylic acids is 3. The molecule has 0 unspecified atom stereocenters. The summed E-state index contributed by atoms with van der Waals surface area (Å²) in [5.41, 5.74) is -0.249. The predicted octanol–water partition coefficient (Wildman–Crippen LogP) is 7.18. The minimum absolute atomic E-state index is 0.0212. The third-order valence-electron chi connectivity index (χ3n) is 9.56. The Balaban J connectivity index is 1.57. The van der Waals surface area contributed by atoms with Crippen molar-refractivity contribution < 1.29 is 42.1 Å². The molecule has 4 amide bonds. The maximum atomic E-state index is 14.4. The van der Waals surface area contributed by atoms with Crippen LogP contribution in [0.2, 0.25) is 0 Å². The number of alkyl halides is 3. The molecule has 1 heterocycles. The maximum absolute atomic E-state index is 14.4. The molecule has 0 spiro atoms. The van der Waals surface area contributed by atoms with Gasteiger partial charge in [0.1, 0.15) is 5.75 Å². The lowest BCUT2D eigenvalue weighted by Gasteiger charge is -2.36. The fraction of sp³-hybridized carbons (Fsp3) is 0.595. The summed E-state index contributed by atoms with van der Waals surface area (Å²) < 4.78 is 51.5. The number of aliphatic hydroxyl groups excluding tert-OH is 1. The van der Waals surface area contributed by atoms with Gasteiger partial charge in [-0.3, -0.25) is 9.59 Å². The molecule has 0 aromatic heterocycles. The van der Waals surface area contributed by atoms with E-state index in [0.717, 1.165) is 69.2 Å². The number of aliphatic hydroxyl groups is 1. The van der Waals surface area contributed by atoms with Gasteiger partial charge in [-0.1, -0.05) is 26.2 Å². The van der Waals surface area contributed by atoms with Gasteiger partial charge in [0.2, 0.25) is 5.91 Å². The zero-order valence-corrected chi connectivity index (χ0v) is 29.4. The molecular formula is C37H51F3N4O6. The third kappa shape index (κ3) is 10.8. The molecule has 1 aliphatic heterocycles. The number of hydrogen-bond acceptors (Lipinski definition) is 6. The van der Waals surface area contributed by atoms with Crippen molar-refractivity contribution in [3.05, 3.63) is 53.6 Å². The lowest BCUT2D eigenvalue weighted by atomic mass is 9.88. The Morgan fingerprint density at radius 3 is 2.28 bits per heavy atom. The van der Waals surface area contributed by atoms with E-state index in [0.29, 0.717) is 25.3 Å². The summed E-state index contributed by atoms with van der Waals surface area (Å²) in [7, 11) is 1.81. The Kier molecular flexibility index (Phi) is 13.9. The third-order valence-corrected chi connectivity index (χ3v) is 9.56. The SMILES string of the molecule is C[C@H](CO)N1C[C@H](C)[C@H](CN(C)C(=O)C2CCCCC2)OCCCC[C@H](C)Oc2ccc(NC(=O)Nc3ccc(C(F)(F)F)cc3)cc2C1=O. The van der Waals surface area contributed by atoms with E-state index in [9.17, 15) is 32.7 Å². The van der Waals surface area contributed by atoms with Gasteiger partial charge in [-0.05, 0) is 88.4 Å². The number of ether oxygens (including phenoxy) is 2. The summed E-state index contributed by atoms with van der Waals surface area (Å²) in [6, 6.07) is 7.44. The second-order valence-electron chi connectivity index (χ2n) is 13.7. The van der Waals surface area contributed by atoms with Gasteiger partial charge < -0.3 is 35.0 Å². The molecule has 50 heavy (non-hydrogen) atoms. The number of carbonyl (C=O) groups is 3. The first-order valence-electron chi connectivity index (χ1n) is 17.6. The van der Waals surface area contributed by atoms with Crippen LogP contribution < -0.4 is 15.4 Å². The molecule has 4 atom stereocenters. The van der Waals surface area contributed by atoms with Gasteiger partial charge in [-0.15, -0.1) is 0 Å². The Bertz CT molecular complexity index is 1430. The van der Waals surface area contributed by atoms with E-state index in [1.165, 1.54) is 6.07 Å².